The van der Waals surface area contributed by atoms with Gasteiger partial charge in [-0.2, -0.15) is 4.31 Å². The minimum absolute atomic E-state index is 0.161. The number of nitrogens with zero attached hydrogens (tertiary/aromatic N) is 2. The van der Waals surface area contributed by atoms with Gasteiger partial charge >= 0.3 is 0 Å². The second-order valence-electron chi connectivity index (χ2n) is 5.68. The molecule has 1 aromatic rings. The first-order valence-corrected chi connectivity index (χ1v) is 9.16. The van der Waals surface area contributed by atoms with Crippen molar-refractivity contribution in [3.05, 3.63) is 30.3 Å². The zero-order chi connectivity index (χ0) is 14.7. The minimum Gasteiger partial charge on any atom is -0.492 e. The summed E-state index contributed by atoms with van der Waals surface area (Å²) >= 11 is 0. The Bertz CT molecular complexity index is 562. The molecule has 6 heteroatoms. The first-order valence-electron chi connectivity index (χ1n) is 7.55. The number of likely N-dealkylation sites (tertiary alicyclic amines) is 1. The third kappa shape index (κ3) is 3.56. The van der Waals surface area contributed by atoms with Gasteiger partial charge in [0.25, 0.3) is 0 Å². The molecule has 0 spiro atoms. The lowest BCUT2D eigenvalue weighted by Crippen LogP contribution is -2.39. The van der Waals surface area contributed by atoms with E-state index in [4.69, 9.17) is 4.74 Å². The van der Waals surface area contributed by atoms with Crippen molar-refractivity contribution in [3.8, 4) is 5.75 Å². The van der Waals surface area contributed by atoms with Crippen molar-refractivity contribution < 1.29 is 13.2 Å². The second-order valence-corrected chi connectivity index (χ2v) is 7.73. The van der Waals surface area contributed by atoms with Crippen molar-refractivity contribution in [3.63, 3.8) is 0 Å². The van der Waals surface area contributed by atoms with Crippen LogP contribution >= 0.6 is 0 Å². The monoisotopic (exact) mass is 310 g/mol. The molecule has 2 aliphatic rings. The standard InChI is InChI=1S/C15H22N2O3S/c18-21(19)12-4-8-17(21)14-7-9-16(13-14)10-11-20-15-5-2-1-3-6-15/h1-3,5-6,14H,4,7-13H2. The van der Waals surface area contributed by atoms with Gasteiger partial charge in [0.1, 0.15) is 12.4 Å². The number of sulfonamides is 1. The normalized spacial score (nSPS) is 26.2. The van der Waals surface area contributed by atoms with Crippen LogP contribution in [-0.4, -0.2) is 62.2 Å². The van der Waals surface area contributed by atoms with Gasteiger partial charge in [-0.15, -0.1) is 0 Å². The fraction of sp³-hybridized carbons (Fsp3) is 0.600. The molecule has 116 valence electrons. The Balaban J connectivity index is 1.45. The topological polar surface area (TPSA) is 49.9 Å². The van der Waals surface area contributed by atoms with Crippen molar-refractivity contribution in [1.82, 2.24) is 9.21 Å². The van der Waals surface area contributed by atoms with Crippen molar-refractivity contribution in [1.29, 1.82) is 0 Å². The van der Waals surface area contributed by atoms with E-state index in [0.29, 0.717) is 18.9 Å². The summed E-state index contributed by atoms with van der Waals surface area (Å²) in [4.78, 5) is 2.29. The van der Waals surface area contributed by atoms with Gasteiger partial charge in [0.15, 0.2) is 0 Å². The number of benzene rings is 1. The molecule has 0 saturated carbocycles. The van der Waals surface area contributed by atoms with Crippen LogP contribution in [0.5, 0.6) is 5.75 Å². The van der Waals surface area contributed by atoms with E-state index in [2.05, 4.69) is 4.90 Å². The quantitative estimate of drug-likeness (QED) is 0.819. The number of rotatable bonds is 5. The van der Waals surface area contributed by atoms with E-state index in [0.717, 1.165) is 38.2 Å². The van der Waals surface area contributed by atoms with Crippen LogP contribution < -0.4 is 4.74 Å². The summed E-state index contributed by atoms with van der Waals surface area (Å²) in [6, 6.07) is 9.94. The summed E-state index contributed by atoms with van der Waals surface area (Å²) in [6.45, 7) is 3.97. The number of hydrogen-bond acceptors (Lipinski definition) is 4. The minimum atomic E-state index is -2.98. The summed E-state index contributed by atoms with van der Waals surface area (Å²) in [5.74, 6) is 1.20. The van der Waals surface area contributed by atoms with Crippen LogP contribution in [0.2, 0.25) is 0 Å². The van der Waals surface area contributed by atoms with Gasteiger partial charge < -0.3 is 4.74 Å². The average Bonchev–Trinajstić information content (AvgIpc) is 3.06. The maximum Gasteiger partial charge on any atom is 0.214 e. The van der Waals surface area contributed by atoms with E-state index >= 15 is 0 Å². The average molecular weight is 310 g/mol. The molecule has 2 aliphatic heterocycles. The highest BCUT2D eigenvalue weighted by atomic mass is 32.2. The summed E-state index contributed by atoms with van der Waals surface area (Å²) in [5, 5.41) is 0. The molecule has 0 aliphatic carbocycles. The number of ether oxygens (including phenoxy) is 1. The molecule has 21 heavy (non-hydrogen) atoms. The Morgan fingerprint density at radius 2 is 2.00 bits per heavy atom. The van der Waals surface area contributed by atoms with Crippen LogP contribution in [0.25, 0.3) is 0 Å². The number of hydrogen-bond donors (Lipinski definition) is 0. The Kier molecular flexibility index (Phi) is 4.47. The van der Waals surface area contributed by atoms with Gasteiger partial charge in [-0.3, -0.25) is 4.90 Å². The molecule has 2 saturated heterocycles. The van der Waals surface area contributed by atoms with Gasteiger partial charge in [0, 0.05) is 25.7 Å². The van der Waals surface area contributed by atoms with Crippen molar-refractivity contribution in [2.45, 2.75) is 18.9 Å². The first-order chi connectivity index (χ1) is 10.1. The van der Waals surface area contributed by atoms with E-state index in [1.54, 1.807) is 4.31 Å². The largest absolute Gasteiger partial charge is 0.492 e. The molecule has 1 aromatic carbocycles. The molecule has 0 aromatic heterocycles. The lowest BCUT2D eigenvalue weighted by Gasteiger charge is -2.22. The Morgan fingerprint density at radius 1 is 1.19 bits per heavy atom. The van der Waals surface area contributed by atoms with Crippen molar-refractivity contribution in [2.24, 2.45) is 0 Å². The van der Waals surface area contributed by atoms with E-state index in [9.17, 15) is 8.42 Å². The van der Waals surface area contributed by atoms with Gasteiger partial charge in [-0.05, 0) is 31.5 Å². The summed E-state index contributed by atoms with van der Waals surface area (Å²) in [5.41, 5.74) is 0. The van der Waals surface area contributed by atoms with Crippen LogP contribution in [0, 0.1) is 0 Å². The highest BCUT2D eigenvalue weighted by Crippen LogP contribution is 2.23. The fourth-order valence-electron chi connectivity index (χ4n) is 3.13. The fourth-order valence-corrected chi connectivity index (χ4v) is 4.89. The van der Waals surface area contributed by atoms with Crippen LogP contribution in [0.15, 0.2) is 30.3 Å². The lowest BCUT2D eigenvalue weighted by atomic mass is 10.2. The maximum absolute atomic E-state index is 11.9. The first kappa shape index (κ1) is 14.8. The van der Waals surface area contributed by atoms with Crippen LogP contribution in [0.1, 0.15) is 12.8 Å². The van der Waals surface area contributed by atoms with Crippen molar-refractivity contribution in [2.75, 3.05) is 38.5 Å². The predicted octanol–water partition coefficient (Wildman–Crippen LogP) is 1.18. The van der Waals surface area contributed by atoms with Crippen LogP contribution in [0.4, 0.5) is 0 Å². The maximum atomic E-state index is 11.9. The van der Waals surface area contributed by atoms with Gasteiger partial charge in [0.05, 0.1) is 5.75 Å². The predicted molar refractivity (Wildman–Crippen MR) is 81.9 cm³/mol. The van der Waals surface area contributed by atoms with Crippen LogP contribution in [0.3, 0.4) is 0 Å². The molecule has 2 heterocycles. The summed E-state index contributed by atoms with van der Waals surface area (Å²) < 4.78 is 31.3. The Morgan fingerprint density at radius 3 is 2.71 bits per heavy atom. The van der Waals surface area contributed by atoms with Crippen LogP contribution in [-0.2, 0) is 10.0 Å². The highest BCUT2D eigenvalue weighted by Gasteiger charge is 2.37. The van der Waals surface area contributed by atoms with Gasteiger partial charge in [0.2, 0.25) is 10.0 Å². The molecule has 0 radical (unpaired) electrons. The number of para-hydroxylation sites is 1. The molecule has 3 rings (SSSR count). The van der Waals surface area contributed by atoms with Gasteiger partial charge in [-0.1, -0.05) is 18.2 Å². The summed E-state index contributed by atoms with van der Waals surface area (Å²) in [6.07, 6.45) is 1.71. The molecular weight excluding hydrogens is 288 g/mol. The molecule has 1 unspecified atom stereocenters. The van der Waals surface area contributed by atoms with E-state index < -0.39 is 10.0 Å². The highest BCUT2D eigenvalue weighted by molar-refractivity contribution is 7.89. The lowest BCUT2D eigenvalue weighted by molar-refractivity contribution is 0.227. The molecular formula is C15H22N2O3S. The Hall–Kier alpha value is -1.11. The molecule has 2 fully saturated rings. The smallest absolute Gasteiger partial charge is 0.214 e. The second kappa shape index (κ2) is 6.34. The van der Waals surface area contributed by atoms with E-state index in [1.807, 2.05) is 30.3 Å². The van der Waals surface area contributed by atoms with E-state index in [-0.39, 0.29) is 6.04 Å². The van der Waals surface area contributed by atoms with E-state index in [1.165, 1.54) is 0 Å². The third-order valence-electron chi connectivity index (χ3n) is 4.21. The van der Waals surface area contributed by atoms with Crippen molar-refractivity contribution >= 4 is 10.0 Å². The molecule has 0 N–H and O–H groups in total. The molecule has 5 nitrogen and oxygen atoms in total. The zero-order valence-electron chi connectivity index (χ0n) is 12.1. The Labute approximate surface area is 126 Å². The SMILES string of the molecule is O=S1(=O)CCCN1C1CCN(CCOc2ccccc2)C1. The van der Waals surface area contributed by atoms with Gasteiger partial charge in [-0.25, -0.2) is 8.42 Å². The molecule has 0 bridgehead atoms. The summed E-state index contributed by atoms with van der Waals surface area (Å²) in [7, 11) is -2.98. The molecule has 0 amide bonds. The third-order valence-corrected chi connectivity index (χ3v) is 6.21. The zero-order valence-corrected chi connectivity index (χ0v) is 13.0. The molecule has 1 atom stereocenters.